The quantitative estimate of drug-likeness (QED) is 0.845. The minimum atomic E-state index is -1.06. The van der Waals surface area contributed by atoms with E-state index in [4.69, 9.17) is 4.74 Å². The smallest absolute Gasteiger partial charge is 0.356 e. The Morgan fingerprint density at radius 3 is 2.46 bits per heavy atom. The number of carboxylic acids is 1. The van der Waals surface area contributed by atoms with Crippen LogP contribution in [0.25, 0.3) is 0 Å². The van der Waals surface area contributed by atoms with Gasteiger partial charge in [0, 0.05) is 12.6 Å². The lowest BCUT2D eigenvalue weighted by Gasteiger charge is -2.19. The first-order valence-corrected chi connectivity index (χ1v) is 7.92. The normalized spacial score (nSPS) is 11.2. The van der Waals surface area contributed by atoms with Crippen molar-refractivity contribution in [1.82, 2.24) is 4.98 Å². The number of carbonyl (C=O) groups is 1. The third-order valence-electron chi connectivity index (χ3n) is 3.85. The molecule has 2 N–H and O–H groups in total. The van der Waals surface area contributed by atoms with Gasteiger partial charge in [-0.05, 0) is 23.0 Å². The van der Waals surface area contributed by atoms with Gasteiger partial charge in [0.05, 0.1) is 19.0 Å². The molecule has 1 aromatic heterocycles. The lowest BCUT2D eigenvalue weighted by Crippen LogP contribution is -2.12. The third-order valence-corrected chi connectivity index (χ3v) is 3.85. The fraction of sp³-hybridized carbons (Fsp3) is 0.368. The Kier molecular flexibility index (Phi) is 5.44. The van der Waals surface area contributed by atoms with Crippen LogP contribution < -0.4 is 10.1 Å². The molecular formula is C19H24N2O3. The number of hydrogen-bond acceptors (Lipinski definition) is 4. The van der Waals surface area contributed by atoms with Crippen molar-refractivity contribution in [2.45, 2.75) is 32.6 Å². The van der Waals surface area contributed by atoms with Crippen molar-refractivity contribution >= 4 is 11.7 Å². The Morgan fingerprint density at radius 2 is 1.92 bits per heavy atom. The van der Waals surface area contributed by atoms with E-state index in [1.54, 1.807) is 6.07 Å². The van der Waals surface area contributed by atoms with Gasteiger partial charge in [0.25, 0.3) is 0 Å². The molecule has 0 saturated heterocycles. The van der Waals surface area contributed by atoms with Gasteiger partial charge in [-0.25, -0.2) is 9.78 Å². The van der Waals surface area contributed by atoms with Gasteiger partial charge in [-0.2, -0.15) is 0 Å². The number of ether oxygens (including phenoxy) is 1. The number of carboxylic acid groups (broad SMARTS) is 1. The van der Waals surface area contributed by atoms with Gasteiger partial charge >= 0.3 is 5.97 Å². The molecule has 1 heterocycles. The number of benzene rings is 1. The minimum absolute atomic E-state index is 0.00104. The molecule has 0 spiro atoms. The Bertz CT molecular complexity index is 704. The number of pyridine rings is 1. The summed E-state index contributed by atoms with van der Waals surface area (Å²) in [6.45, 7) is 7.18. The SMILES string of the molecule is COc1cnc(C(=O)O)c(NCCc2ccc(C(C)(C)C)cc2)c1. The van der Waals surface area contributed by atoms with E-state index in [0.717, 1.165) is 6.42 Å². The van der Waals surface area contributed by atoms with Crippen LogP contribution in [0.15, 0.2) is 36.5 Å². The van der Waals surface area contributed by atoms with Gasteiger partial charge in [0.15, 0.2) is 5.69 Å². The molecule has 0 bridgehead atoms. The average Bonchev–Trinajstić information content (AvgIpc) is 2.54. The van der Waals surface area contributed by atoms with E-state index < -0.39 is 5.97 Å². The van der Waals surface area contributed by atoms with E-state index in [-0.39, 0.29) is 11.1 Å². The molecule has 0 amide bonds. The van der Waals surface area contributed by atoms with Crippen molar-refractivity contribution in [3.8, 4) is 5.75 Å². The molecule has 0 aliphatic heterocycles. The highest BCUT2D eigenvalue weighted by molar-refractivity contribution is 5.92. The van der Waals surface area contributed by atoms with E-state index in [1.807, 2.05) is 0 Å². The Hall–Kier alpha value is -2.56. The molecule has 0 atom stereocenters. The summed E-state index contributed by atoms with van der Waals surface area (Å²) in [5, 5.41) is 12.3. The molecular weight excluding hydrogens is 304 g/mol. The largest absolute Gasteiger partial charge is 0.495 e. The molecule has 24 heavy (non-hydrogen) atoms. The van der Waals surface area contributed by atoms with Gasteiger partial charge < -0.3 is 15.2 Å². The van der Waals surface area contributed by atoms with Crippen molar-refractivity contribution < 1.29 is 14.6 Å². The molecule has 5 heteroatoms. The second kappa shape index (κ2) is 7.34. The highest BCUT2D eigenvalue weighted by Crippen LogP contribution is 2.23. The molecule has 0 saturated carbocycles. The molecule has 0 aliphatic carbocycles. The van der Waals surface area contributed by atoms with E-state index in [9.17, 15) is 9.90 Å². The van der Waals surface area contributed by atoms with Crippen LogP contribution in [-0.4, -0.2) is 29.7 Å². The van der Waals surface area contributed by atoms with Gasteiger partial charge in [0.1, 0.15) is 5.75 Å². The highest BCUT2D eigenvalue weighted by atomic mass is 16.5. The lowest BCUT2D eigenvalue weighted by molar-refractivity contribution is 0.0691. The lowest BCUT2D eigenvalue weighted by atomic mass is 9.86. The van der Waals surface area contributed by atoms with Crippen molar-refractivity contribution in [3.05, 3.63) is 53.3 Å². The fourth-order valence-corrected chi connectivity index (χ4v) is 2.38. The number of nitrogens with zero attached hydrogens (tertiary/aromatic N) is 1. The van der Waals surface area contributed by atoms with Crippen molar-refractivity contribution in [1.29, 1.82) is 0 Å². The van der Waals surface area contributed by atoms with Crippen molar-refractivity contribution in [3.63, 3.8) is 0 Å². The summed E-state index contributed by atoms with van der Waals surface area (Å²) < 4.78 is 5.10. The molecule has 0 radical (unpaired) electrons. The summed E-state index contributed by atoms with van der Waals surface area (Å²) in [6, 6.07) is 10.2. The zero-order valence-electron chi connectivity index (χ0n) is 14.6. The number of aromatic nitrogens is 1. The molecule has 5 nitrogen and oxygen atoms in total. The summed E-state index contributed by atoms with van der Waals surface area (Å²) in [5.41, 5.74) is 3.10. The molecule has 128 valence electrons. The van der Waals surface area contributed by atoms with E-state index >= 15 is 0 Å². The minimum Gasteiger partial charge on any atom is -0.495 e. The second-order valence-corrected chi connectivity index (χ2v) is 6.70. The molecule has 0 aliphatic rings. The van der Waals surface area contributed by atoms with E-state index in [1.165, 1.54) is 24.4 Å². The second-order valence-electron chi connectivity index (χ2n) is 6.70. The topological polar surface area (TPSA) is 71.5 Å². The summed E-state index contributed by atoms with van der Waals surface area (Å²) >= 11 is 0. The first-order chi connectivity index (χ1) is 11.3. The van der Waals surface area contributed by atoms with Crippen molar-refractivity contribution in [2.75, 3.05) is 19.0 Å². The van der Waals surface area contributed by atoms with Crippen LogP contribution in [0, 0.1) is 0 Å². The van der Waals surface area contributed by atoms with Gasteiger partial charge in [-0.1, -0.05) is 45.0 Å². The number of rotatable bonds is 6. The van der Waals surface area contributed by atoms with Crippen LogP contribution in [0.2, 0.25) is 0 Å². The van der Waals surface area contributed by atoms with Gasteiger partial charge in [0.2, 0.25) is 0 Å². The third kappa shape index (κ3) is 4.47. The summed E-state index contributed by atoms with van der Waals surface area (Å²) in [7, 11) is 1.53. The predicted octanol–water partition coefficient (Wildman–Crippen LogP) is 3.74. The maximum Gasteiger partial charge on any atom is 0.356 e. The Labute approximate surface area is 142 Å². The Balaban J connectivity index is 2.02. The average molecular weight is 328 g/mol. The maximum absolute atomic E-state index is 11.2. The number of aromatic carboxylic acids is 1. The van der Waals surface area contributed by atoms with E-state index in [0.29, 0.717) is 18.0 Å². The summed E-state index contributed by atoms with van der Waals surface area (Å²) in [6.07, 6.45) is 2.19. The zero-order chi connectivity index (χ0) is 17.7. The monoisotopic (exact) mass is 328 g/mol. The van der Waals surface area contributed by atoms with Crippen molar-refractivity contribution in [2.24, 2.45) is 0 Å². The van der Waals surface area contributed by atoms with Gasteiger partial charge in [-0.15, -0.1) is 0 Å². The number of methoxy groups -OCH3 is 1. The van der Waals surface area contributed by atoms with Crippen LogP contribution in [0.1, 0.15) is 42.4 Å². The number of anilines is 1. The molecule has 2 rings (SSSR count). The van der Waals surface area contributed by atoms with Gasteiger partial charge in [-0.3, -0.25) is 0 Å². The van der Waals surface area contributed by atoms with Crippen LogP contribution in [0.3, 0.4) is 0 Å². The molecule has 0 fully saturated rings. The number of hydrogen-bond donors (Lipinski definition) is 2. The van der Waals surface area contributed by atoms with Crippen LogP contribution in [0.5, 0.6) is 5.75 Å². The summed E-state index contributed by atoms with van der Waals surface area (Å²) in [5.74, 6) is -0.535. The van der Waals surface area contributed by atoms with Crippen LogP contribution in [-0.2, 0) is 11.8 Å². The fourth-order valence-electron chi connectivity index (χ4n) is 2.38. The standard InChI is InChI=1S/C19H24N2O3/c1-19(2,3)14-7-5-13(6-8-14)9-10-20-16-11-15(24-4)12-21-17(16)18(22)23/h5-8,11-12,20H,9-10H2,1-4H3,(H,22,23). The summed E-state index contributed by atoms with van der Waals surface area (Å²) in [4.78, 5) is 15.2. The number of nitrogens with one attached hydrogen (secondary N) is 1. The molecule has 1 aromatic carbocycles. The first-order valence-electron chi connectivity index (χ1n) is 7.92. The first kappa shape index (κ1) is 17.8. The highest BCUT2D eigenvalue weighted by Gasteiger charge is 2.14. The molecule has 0 unspecified atom stereocenters. The van der Waals surface area contributed by atoms with Crippen LogP contribution in [0.4, 0.5) is 5.69 Å². The molecule has 2 aromatic rings. The predicted molar refractivity (Wildman–Crippen MR) is 95.1 cm³/mol. The Morgan fingerprint density at radius 1 is 1.25 bits per heavy atom. The zero-order valence-corrected chi connectivity index (χ0v) is 14.6. The van der Waals surface area contributed by atoms with E-state index in [2.05, 4.69) is 55.3 Å². The maximum atomic E-state index is 11.2. The van der Waals surface area contributed by atoms with Crippen LogP contribution >= 0.6 is 0 Å².